The van der Waals surface area contributed by atoms with Crippen molar-refractivity contribution >= 4 is 21.2 Å². The molecule has 0 saturated carbocycles. The molecule has 1 aromatic heterocycles. The first-order valence-electron chi connectivity index (χ1n) is 3.98. The Morgan fingerprint density at radius 2 is 2.00 bits per heavy atom. The first-order chi connectivity index (χ1) is 6.97. The van der Waals surface area contributed by atoms with Crippen LogP contribution in [-0.2, 0) is 10.1 Å². The number of rotatable bonds is 2. The molecule has 0 unspecified atom stereocenters. The zero-order valence-corrected chi connectivity index (χ0v) is 8.52. The third-order valence-electron chi connectivity index (χ3n) is 1.66. The average Bonchev–Trinajstić information content (AvgIpc) is 2.41. The maximum Gasteiger partial charge on any atom is 0.454 e. The molecule has 0 aliphatic carbocycles. The van der Waals surface area contributed by atoms with Gasteiger partial charge in [0, 0.05) is 0 Å². The van der Waals surface area contributed by atoms with Crippen molar-refractivity contribution in [1.82, 2.24) is 4.73 Å². The van der Waals surface area contributed by atoms with Gasteiger partial charge in [-0.25, -0.2) is 4.79 Å². The normalized spacial score (nSPS) is 11.8. The Morgan fingerprint density at radius 3 is 2.67 bits per heavy atom. The lowest BCUT2D eigenvalue weighted by atomic mass is 10.3. The van der Waals surface area contributed by atoms with Crippen LogP contribution in [0.3, 0.4) is 0 Å². The van der Waals surface area contributed by atoms with E-state index in [2.05, 4.69) is 4.28 Å². The quantitative estimate of drug-likeness (QED) is 0.723. The van der Waals surface area contributed by atoms with Crippen LogP contribution in [0, 0.1) is 0 Å². The highest BCUT2D eigenvalue weighted by Gasteiger charge is 2.13. The molecule has 0 atom stereocenters. The number of hydrogen-bond acceptors (Lipinski definition) is 5. The zero-order chi connectivity index (χ0) is 11.1. The summed E-state index contributed by atoms with van der Waals surface area (Å²) < 4.78 is 31.6. The van der Waals surface area contributed by atoms with Gasteiger partial charge in [0.1, 0.15) is 5.52 Å². The molecule has 1 aromatic carbocycles. The van der Waals surface area contributed by atoms with Crippen molar-refractivity contribution in [1.29, 1.82) is 0 Å². The van der Waals surface area contributed by atoms with E-state index in [-0.39, 0.29) is 11.1 Å². The van der Waals surface area contributed by atoms with E-state index in [1.807, 2.05) is 0 Å². The Morgan fingerprint density at radius 1 is 1.33 bits per heavy atom. The minimum Gasteiger partial charge on any atom is -0.405 e. The molecule has 0 aliphatic rings. The second-order valence-electron chi connectivity index (χ2n) is 2.91. The van der Waals surface area contributed by atoms with Crippen molar-refractivity contribution in [3.8, 4) is 0 Å². The lowest BCUT2D eigenvalue weighted by Gasteiger charge is -1.99. The summed E-state index contributed by atoms with van der Waals surface area (Å²) in [7, 11) is -3.76. The lowest BCUT2D eigenvalue weighted by molar-refractivity contribution is 0.261. The van der Waals surface area contributed by atoms with Crippen molar-refractivity contribution in [2.24, 2.45) is 0 Å². The number of oxazole rings is 1. The molecule has 0 aliphatic heterocycles. The highest BCUT2D eigenvalue weighted by molar-refractivity contribution is 7.86. The predicted molar refractivity (Wildman–Crippen MR) is 51.9 cm³/mol. The predicted octanol–water partition coefficient (Wildman–Crippen LogP) is -0.0173. The van der Waals surface area contributed by atoms with Gasteiger partial charge in [0.15, 0.2) is 5.58 Å². The minimum absolute atomic E-state index is 0.270. The molecule has 0 spiro atoms. The first kappa shape index (κ1) is 9.78. The fourth-order valence-electron chi connectivity index (χ4n) is 1.15. The summed E-state index contributed by atoms with van der Waals surface area (Å²) in [6, 6.07) is 6.36. The van der Waals surface area contributed by atoms with E-state index in [1.165, 1.54) is 6.07 Å². The summed E-state index contributed by atoms with van der Waals surface area (Å²) in [5, 5.41) is 0. The molecule has 0 bridgehead atoms. The van der Waals surface area contributed by atoms with Crippen molar-refractivity contribution in [3.05, 3.63) is 34.8 Å². The Kier molecular flexibility index (Phi) is 2.04. The number of fused-ring (bicyclic) bond motifs is 1. The number of para-hydroxylation sites is 2. The molecule has 80 valence electrons. The third kappa shape index (κ3) is 1.86. The molecule has 0 fully saturated rings. The van der Waals surface area contributed by atoms with E-state index in [4.69, 9.17) is 4.42 Å². The Bertz CT molecular complexity index is 651. The smallest absolute Gasteiger partial charge is 0.405 e. The fourth-order valence-corrected chi connectivity index (χ4v) is 1.56. The summed E-state index contributed by atoms with van der Waals surface area (Å²) >= 11 is 0. The van der Waals surface area contributed by atoms with Gasteiger partial charge in [0.25, 0.3) is 0 Å². The first-order valence-corrected chi connectivity index (χ1v) is 5.79. The fraction of sp³-hybridized carbons (Fsp3) is 0.125. The maximum absolute atomic E-state index is 11.2. The molecular formula is C8H7NO5S. The van der Waals surface area contributed by atoms with Gasteiger partial charge >= 0.3 is 15.9 Å². The van der Waals surface area contributed by atoms with Crippen LogP contribution >= 0.6 is 0 Å². The number of benzene rings is 1. The van der Waals surface area contributed by atoms with Gasteiger partial charge in [-0.2, -0.15) is 8.42 Å². The van der Waals surface area contributed by atoms with Crippen molar-refractivity contribution < 1.29 is 17.1 Å². The molecule has 0 radical (unpaired) electrons. The number of nitrogens with zero attached hydrogens (tertiary/aromatic N) is 1. The molecular weight excluding hydrogens is 222 g/mol. The van der Waals surface area contributed by atoms with E-state index in [1.54, 1.807) is 18.2 Å². The molecule has 0 saturated heterocycles. The zero-order valence-electron chi connectivity index (χ0n) is 7.71. The average molecular weight is 229 g/mol. The van der Waals surface area contributed by atoms with Crippen LogP contribution in [0.1, 0.15) is 0 Å². The van der Waals surface area contributed by atoms with Gasteiger partial charge in [-0.05, 0) is 12.1 Å². The molecule has 7 heteroatoms. The topological polar surface area (TPSA) is 78.5 Å². The molecule has 6 nitrogen and oxygen atoms in total. The van der Waals surface area contributed by atoms with Crippen LogP contribution in [0.4, 0.5) is 0 Å². The molecule has 15 heavy (non-hydrogen) atoms. The van der Waals surface area contributed by atoms with Crippen LogP contribution < -0.4 is 10.0 Å². The second-order valence-corrected chi connectivity index (χ2v) is 4.47. The van der Waals surface area contributed by atoms with E-state index in [0.29, 0.717) is 4.73 Å². The SMILES string of the molecule is CS(=O)(=O)On1c(=O)oc2ccccc21. The van der Waals surface area contributed by atoms with Crippen LogP contribution in [0.15, 0.2) is 33.5 Å². The largest absolute Gasteiger partial charge is 0.454 e. The summed E-state index contributed by atoms with van der Waals surface area (Å²) in [5.41, 5.74) is 0.541. The van der Waals surface area contributed by atoms with Gasteiger partial charge in [-0.1, -0.05) is 16.9 Å². The Labute approximate surface area is 84.8 Å². The highest BCUT2D eigenvalue weighted by Crippen LogP contribution is 2.10. The van der Waals surface area contributed by atoms with E-state index in [9.17, 15) is 13.2 Å². The van der Waals surface area contributed by atoms with Crippen LogP contribution in [0.5, 0.6) is 0 Å². The maximum atomic E-state index is 11.2. The van der Waals surface area contributed by atoms with Gasteiger partial charge in [-0.3, -0.25) is 4.28 Å². The molecule has 1 heterocycles. The monoisotopic (exact) mass is 229 g/mol. The summed E-state index contributed by atoms with van der Waals surface area (Å²) in [4.78, 5) is 11.2. The molecule has 2 aromatic rings. The second kappa shape index (κ2) is 3.13. The van der Waals surface area contributed by atoms with Crippen molar-refractivity contribution in [2.45, 2.75) is 0 Å². The van der Waals surface area contributed by atoms with E-state index in [0.717, 1.165) is 6.26 Å². The summed E-state index contributed by atoms with van der Waals surface area (Å²) in [5.74, 6) is -0.873. The minimum atomic E-state index is -3.76. The number of aromatic nitrogens is 1. The van der Waals surface area contributed by atoms with Gasteiger partial charge in [-0.15, -0.1) is 0 Å². The van der Waals surface area contributed by atoms with Gasteiger partial charge in [0.05, 0.1) is 6.26 Å². The standard InChI is InChI=1S/C8H7NO5S/c1-15(11,12)14-9-6-4-2-3-5-7(6)13-8(9)10/h2-5H,1H3. The molecule has 2 rings (SSSR count). The van der Waals surface area contributed by atoms with Crippen molar-refractivity contribution in [2.75, 3.05) is 6.26 Å². The van der Waals surface area contributed by atoms with Gasteiger partial charge in [0.2, 0.25) is 0 Å². The van der Waals surface area contributed by atoms with Crippen LogP contribution in [0.2, 0.25) is 0 Å². The van der Waals surface area contributed by atoms with Crippen LogP contribution in [0.25, 0.3) is 11.1 Å². The molecule has 0 amide bonds. The summed E-state index contributed by atoms with van der Waals surface area (Å²) in [6.45, 7) is 0. The Hall–Kier alpha value is -1.76. The van der Waals surface area contributed by atoms with Gasteiger partial charge < -0.3 is 4.42 Å². The third-order valence-corrected chi connectivity index (χ3v) is 2.08. The molecule has 0 N–H and O–H groups in total. The van der Waals surface area contributed by atoms with Crippen molar-refractivity contribution in [3.63, 3.8) is 0 Å². The van der Waals surface area contributed by atoms with E-state index >= 15 is 0 Å². The number of hydrogen-bond donors (Lipinski definition) is 0. The Balaban J connectivity index is 2.70. The van der Waals surface area contributed by atoms with E-state index < -0.39 is 15.9 Å². The lowest BCUT2D eigenvalue weighted by Crippen LogP contribution is -2.26. The summed E-state index contributed by atoms with van der Waals surface area (Å²) in [6.07, 6.45) is 0.848. The highest BCUT2D eigenvalue weighted by atomic mass is 32.2. The van der Waals surface area contributed by atoms with Crippen LogP contribution in [-0.4, -0.2) is 19.4 Å².